The van der Waals surface area contributed by atoms with Crippen molar-refractivity contribution in [2.45, 2.75) is 6.54 Å². The summed E-state index contributed by atoms with van der Waals surface area (Å²) in [7, 11) is 0. The minimum absolute atomic E-state index is 0.470. The van der Waals surface area contributed by atoms with Gasteiger partial charge in [-0.25, -0.2) is 9.97 Å². The molecule has 2 aromatic heterocycles. The number of hydrogen-bond acceptors (Lipinski definition) is 4. The van der Waals surface area contributed by atoms with Crippen molar-refractivity contribution >= 4 is 40.4 Å². The summed E-state index contributed by atoms with van der Waals surface area (Å²) in [6, 6.07) is 5.42. The zero-order valence-corrected chi connectivity index (χ0v) is 9.90. The fourth-order valence-corrected chi connectivity index (χ4v) is 2.10. The zero-order chi connectivity index (χ0) is 10.7. The lowest BCUT2D eigenvalue weighted by molar-refractivity contribution is 1.08. The van der Waals surface area contributed by atoms with Gasteiger partial charge in [0.1, 0.15) is 20.3 Å². The molecule has 6 heteroatoms. The lowest BCUT2D eigenvalue weighted by Crippen LogP contribution is -2.00. The zero-order valence-electron chi connectivity index (χ0n) is 7.58. The first-order valence-corrected chi connectivity index (χ1v) is 5.78. The number of halogens is 2. The Hall–Kier alpha value is -0.840. The van der Waals surface area contributed by atoms with Crippen LogP contribution < -0.4 is 5.32 Å². The van der Waals surface area contributed by atoms with E-state index in [1.807, 2.05) is 12.1 Å². The van der Waals surface area contributed by atoms with E-state index in [9.17, 15) is 0 Å². The monoisotopic (exact) mass is 259 g/mol. The van der Waals surface area contributed by atoms with Crippen molar-refractivity contribution in [1.82, 2.24) is 9.97 Å². The third-order valence-corrected chi connectivity index (χ3v) is 2.99. The largest absolute Gasteiger partial charge is 0.364 e. The molecule has 15 heavy (non-hydrogen) atoms. The van der Waals surface area contributed by atoms with Gasteiger partial charge in [0.2, 0.25) is 0 Å². The molecule has 2 rings (SSSR count). The SMILES string of the molecule is Clc1cccc(NCc2ncc(Cl)s2)n1. The van der Waals surface area contributed by atoms with Crippen molar-refractivity contribution in [3.63, 3.8) is 0 Å². The van der Waals surface area contributed by atoms with Crippen LogP contribution in [0, 0.1) is 0 Å². The maximum absolute atomic E-state index is 5.76. The normalized spacial score (nSPS) is 10.3. The van der Waals surface area contributed by atoms with E-state index in [1.54, 1.807) is 12.3 Å². The molecule has 78 valence electrons. The average Bonchev–Trinajstić information content (AvgIpc) is 2.62. The molecule has 1 N–H and O–H groups in total. The topological polar surface area (TPSA) is 37.8 Å². The molecule has 0 atom stereocenters. The summed E-state index contributed by atoms with van der Waals surface area (Å²) >= 11 is 12.9. The molecule has 0 bridgehead atoms. The van der Waals surface area contributed by atoms with Crippen LogP contribution in [-0.4, -0.2) is 9.97 Å². The molecule has 0 aromatic carbocycles. The van der Waals surface area contributed by atoms with Crippen LogP contribution in [0.4, 0.5) is 5.82 Å². The summed E-state index contributed by atoms with van der Waals surface area (Å²) in [5.41, 5.74) is 0. The van der Waals surface area contributed by atoms with Gasteiger partial charge in [-0.1, -0.05) is 29.3 Å². The Morgan fingerprint density at radius 3 is 2.87 bits per heavy atom. The predicted octanol–water partition coefficient (Wildman–Crippen LogP) is 3.46. The fourth-order valence-electron chi connectivity index (χ4n) is 1.04. The summed E-state index contributed by atoms with van der Waals surface area (Å²) in [5.74, 6) is 0.730. The van der Waals surface area contributed by atoms with E-state index in [0.29, 0.717) is 16.0 Å². The van der Waals surface area contributed by atoms with Crippen molar-refractivity contribution in [1.29, 1.82) is 0 Å². The number of anilines is 1. The van der Waals surface area contributed by atoms with Crippen molar-refractivity contribution < 1.29 is 0 Å². The summed E-state index contributed by atoms with van der Waals surface area (Å²) in [4.78, 5) is 8.21. The molecule has 0 saturated carbocycles. The lowest BCUT2D eigenvalue weighted by Gasteiger charge is -2.02. The number of hydrogen-bond donors (Lipinski definition) is 1. The molecule has 0 spiro atoms. The molecule has 2 heterocycles. The molecular weight excluding hydrogens is 253 g/mol. The summed E-state index contributed by atoms with van der Waals surface area (Å²) in [6.07, 6.45) is 1.63. The maximum Gasteiger partial charge on any atom is 0.131 e. The summed E-state index contributed by atoms with van der Waals surface area (Å²) < 4.78 is 0.686. The highest BCUT2D eigenvalue weighted by Crippen LogP contribution is 2.19. The molecule has 0 aliphatic carbocycles. The van der Waals surface area contributed by atoms with E-state index < -0.39 is 0 Å². The molecule has 0 aliphatic rings. The van der Waals surface area contributed by atoms with Crippen LogP contribution in [0.15, 0.2) is 24.4 Å². The molecule has 0 fully saturated rings. The second kappa shape index (κ2) is 4.79. The van der Waals surface area contributed by atoms with Crippen LogP contribution in [0.2, 0.25) is 9.49 Å². The molecule has 2 aromatic rings. The van der Waals surface area contributed by atoms with Gasteiger partial charge in [0, 0.05) is 0 Å². The first-order chi connectivity index (χ1) is 7.24. The van der Waals surface area contributed by atoms with Crippen molar-refractivity contribution in [3.05, 3.63) is 38.9 Å². The second-order valence-electron chi connectivity index (χ2n) is 2.76. The van der Waals surface area contributed by atoms with Crippen LogP contribution in [0.25, 0.3) is 0 Å². The van der Waals surface area contributed by atoms with Gasteiger partial charge in [-0.2, -0.15) is 0 Å². The van der Waals surface area contributed by atoms with E-state index in [0.717, 1.165) is 10.8 Å². The average molecular weight is 260 g/mol. The molecule has 0 radical (unpaired) electrons. The van der Waals surface area contributed by atoms with Gasteiger partial charge in [-0.15, -0.1) is 11.3 Å². The van der Waals surface area contributed by atoms with Crippen LogP contribution in [-0.2, 0) is 6.54 Å². The third-order valence-electron chi connectivity index (χ3n) is 1.66. The number of rotatable bonds is 3. The van der Waals surface area contributed by atoms with Crippen molar-refractivity contribution in [3.8, 4) is 0 Å². The van der Waals surface area contributed by atoms with Crippen LogP contribution in [0.3, 0.4) is 0 Å². The highest BCUT2D eigenvalue weighted by Gasteiger charge is 2.00. The van der Waals surface area contributed by atoms with E-state index in [4.69, 9.17) is 23.2 Å². The van der Waals surface area contributed by atoms with Crippen LogP contribution in [0.1, 0.15) is 5.01 Å². The Kier molecular flexibility index (Phi) is 3.41. The third kappa shape index (κ3) is 3.06. The number of nitrogens with zero attached hydrogens (tertiary/aromatic N) is 2. The Balaban J connectivity index is 1.99. The number of nitrogens with one attached hydrogen (secondary N) is 1. The summed E-state index contributed by atoms with van der Waals surface area (Å²) in [5, 5.41) is 4.50. The maximum atomic E-state index is 5.76. The minimum Gasteiger partial charge on any atom is -0.364 e. The van der Waals surface area contributed by atoms with E-state index in [-0.39, 0.29) is 0 Å². The van der Waals surface area contributed by atoms with Gasteiger partial charge in [-0.05, 0) is 12.1 Å². The highest BCUT2D eigenvalue weighted by molar-refractivity contribution is 7.15. The van der Waals surface area contributed by atoms with Gasteiger partial charge < -0.3 is 5.32 Å². The number of aromatic nitrogens is 2. The Labute approximate surface area is 101 Å². The van der Waals surface area contributed by atoms with Gasteiger partial charge >= 0.3 is 0 Å². The first-order valence-electron chi connectivity index (χ1n) is 4.21. The van der Waals surface area contributed by atoms with Crippen LogP contribution in [0.5, 0.6) is 0 Å². The van der Waals surface area contributed by atoms with Crippen molar-refractivity contribution in [2.75, 3.05) is 5.32 Å². The molecule has 0 aliphatic heterocycles. The molecule has 0 amide bonds. The summed E-state index contributed by atoms with van der Waals surface area (Å²) in [6.45, 7) is 0.602. The Morgan fingerprint density at radius 1 is 1.33 bits per heavy atom. The highest BCUT2D eigenvalue weighted by atomic mass is 35.5. The molecular formula is C9H7Cl2N3S. The number of thiazole rings is 1. The van der Waals surface area contributed by atoms with E-state index in [1.165, 1.54) is 11.3 Å². The smallest absolute Gasteiger partial charge is 0.131 e. The van der Waals surface area contributed by atoms with E-state index >= 15 is 0 Å². The van der Waals surface area contributed by atoms with Gasteiger partial charge in [0.15, 0.2) is 0 Å². The van der Waals surface area contributed by atoms with Gasteiger partial charge in [0.25, 0.3) is 0 Å². The predicted molar refractivity (Wildman–Crippen MR) is 63.7 cm³/mol. The Morgan fingerprint density at radius 2 is 2.20 bits per heavy atom. The molecule has 3 nitrogen and oxygen atoms in total. The number of pyridine rings is 1. The first kappa shape index (κ1) is 10.7. The molecule has 0 unspecified atom stereocenters. The van der Waals surface area contributed by atoms with Crippen LogP contribution >= 0.6 is 34.5 Å². The standard InChI is InChI=1S/C9H7Cl2N3S/c10-6-2-1-3-8(14-6)12-5-9-13-4-7(11)15-9/h1-4H,5H2,(H,12,14). The second-order valence-corrected chi connectivity index (χ2v) is 4.89. The molecule has 0 saturated heterocycles. The van der Waals surface area contributed by atoms with E-state index in [2.05, 4.69) is 15.3 Å². The Bertz CT molecular complexity index is 458. The van der Waals surface area contributed by atoms with Gasteiger partial charge in [0.05, 0.1) is 12.7 Å². The van der Waals surface area contributed by atoms with Crippen molar-refractivity contribution in [2.24, 2.45) is 0 Å². The fraction of sp³-hybridized carbons (Fsp3) is 0.111. The minimum atomic E-state index is 0.470. The van der Waals surface area contributed by atoms with Gasteiger partial charge in [-0.3, -0.25) is 0 Å². The quantitative estimate of drug-likeness (QED) is 0.859. The lowest BCUT2D eigenvalue weighted by atomic mass is 10.4.